The first-order valence-electron chi connectivity index (χ1n) is 10.1. The number of fused-ring (bicyclic) bond motifs is 1. The number of nitrogens with two attached hydrogens (primary N) is 1. The van der Waals surface area contributed by atoms with Crippen LogP contribution in [0, 0.1) is 18.3 Å². The molecule has 2 aromatic carbocycles. The summed E-state index contributed by atoms with van der Waals surface area (Å²) in [6.45, 7) is 2.09. The zero-order valence-corrected chi connectivity index (χ0v) is 18.3. The van der Waals surface area contributed by atoms with Crippen molar-refractivity contribution in [2.75, 3.05) is 12.3 Å². The van der Waals surface area contributed by atoms with E-state index in [9.17, 15) is 13.7 Å². The molecule has 0 aliphatic carbocycles. The fraction of sp³-hybridized carbons (Fsp3) is 0.174. The van der Waals surface area contributed by atoms with E-state index in [1.807, 2.05) is 37.3 Å². The Kier molecular flexibility index (Phi) is 5.90. The van der Waals surface area contributed by atoms with Gasteiger partial charge < -0.3 is 5.73 Å². The van der Waals surface area contributed by atoms with Gasteiger partial charge in [-0.25, -0.2) is 17.8 Å². The number of pyridine rings is 1. The summed E-state index contributed by atoms with van der Waals surface area (Å²) in [5, 5.41) is 14.6. The molecular weight excluding hydrogens is 424 g/mol. The number of hydrogen-bond acceptors (Lipinski definition) is 6. The number of hydrogen-bond donors (Lipinski definition) is 2. The molecule has 0 spiro atoms. The number of rotatable bonds is 7. The average molecular weight is 447 g/mol. The molecule has 162 valence electrons. The van der Waals surface area contributed by atoms with Crippen LogP contribution in [0.2, 0.25) is 0 Å². The third kappa shape index (κ3) is 4.06. The molecule has 2 heterocycles. The Morgan fingerprint density at radius 1 is 1.12 bits per heavy atom. The Hall–Kier alpha value is -3.74. The molecule has 0 aliphatic rings. The van der Waals surface area contributed by atoms with Gasteiger partial charge in [-0.2, -0.15) is 10.4 Å². The van der Waals surface area contributed by atoms with E-state index in [0.29, 0.717) is 35.0 Å². The number of aryl methyl sites for hydroxylation is 2. The summed E-state index contributed by atoms with van der Waals surface area (Å²) in [6, 6.07) is 18.2. The summed E-state index contributed by atoms with van der Waals surface area (Å²) in [5.74, 6) is 0.271. The molecule has 0 saturated carbocycles. The highest BCUT2D eigenvalue weighted by Gasteiger charge is 2.19. The van der Waals surface area contributed by atoms with Gasteiger partial charge in [0, 0.05) is 18.1 Å². The van der Waals surface area contributed by atoms with Crippen LogP contribution < -0.4 is 10.5 Å². The molecule has 0 saturated heterocycles. The van der Waals surface area contributed by atoms with Crippen LogP contribution in [0.4, 0.5) is 5.82 Å². The standard InChI is InChI=1S/C23H22N6O2S/c1-16-11-12-21(18-9-5-13-26-22(16)18)32(30,31)27-14-6-10-20-19(15-24)23(25)29(28-20)17-7-3-2-4-8-17/h2-5,7-9,11-13,27H,6,10,14,25H2,1H3. The van der Waals surface area contributed by atoms with E-state index in [1.165, 1.54) is 4.68 Å². The maximum atomic E-state index is 12.9. The first kappa shape index (κ1) is 21.5. The number of nitriles is 1. The van der Waals surface area contributed by atoms with E-state index in [-0.39, 0.29) is 17.3 Å². The van der Waals surface area contributed by atoms with Gasteiger partial charge in [-0.15, -0.1) is 0 Å². The minimum Gasteiger partial charge on any atom is -0.382 e. The van der Waals surface area contributed by atoms with Crippen LogP contribution in [0.3, 0.4) is 0 Å². The average Bonchev–Trinajstić information content (AvgIpc) is 3.12. The van der Waals surface area contributed by atoms with Gasteiger partial charge in [0.05, 0.1) is 21.8 Å². The number of nitrogen functional groups attached to an aromatic ring is 1. The Morgan fingerprint density at radius 3 is 2.66 bits per heavy atom. The lowest BCUT2D eigenvalue weighted by Crippen LogP contribution is -2.25. The molecular formula is C23H22N6O2S. The molecule has 4 aromatic rings. The van der Waals surface area contributed by atoms with Gasteiger partial charge in [0.15, 0.2) is 0 Å². The van der Waals surface area contributed by atoms with Crippen molar-refractivity contribution < 1.29 is 8.42 Å². The first-order chi connectivity index (χ1) is 15.4. The second kappa shape index (κ2) is 8.78. The van der Waals surface area contributed by atoms with E-state index < -0.39 is 10.0 Å². The molecule has 8 nitrogen and oxygen atoms in total. The topological polar surface area (TPSA) is 127 Å². The van der Waals surface area contributed by atoms with Crippen molar-refractivity contribution in [1.29, 1.82) is 5.26 Å². The minimum atomic E-state index is -3.73. The van der Waals surface area contributed by atoms with Crippen LogP contribution in [-0.4, -0.2) is 29.7 Å². The molecule has 32 heavy (non-hydrogen) atoms. The van der Waals surface area contributed by atoms with Gasteiger partial charge in [0.25, 0.3) is 0 Å². The van der Waals surface area contributed by atoms with E-state index in [1.54, 1.807) is 30.5 Å². The third-order valence-corrected chi connectivity index (χ3v) is 6.73. The van der Waals surface area contributed by atoms with Crippen molar-refractivity contribution in [3.63, 3.8) is 0 Å². The van der Waals surface area contributed by atoms with E-state index >= 15 is 0 Å². The van der Waals surface area contributed by atoms with Crippen molar-refractivity contribution in [1.82, 2.24) is 19.5 Å². The van der Waals surface area contributed by atoms with Gasteiger partial charge >= 0.3 is 0 Å². The monoisotopic (exact) mass is 446 g/mol. The van der Waals surface area contributed by atoms with Crippen molar-refractivity contribution in [2.24, 2.45) is 0 Å². The summed E-state index contributed by atoms with van der Waals surface area (Å²) in [5.41, 5.74) is 9.31. The van der Waals surface area contributed by atoms with E-state index in [0.717, 1.165) is 11.3 Å². The number of aromatic nitrogens is 3. The van der Waals surface area contributed by atoms with Crippen molar-refractivity contribution in [3.05, 3.63) is 77.6 Å². The van der Waals surface area contributed by atoms with Gasteiger partial charge in [0.2, 0.25) is 10.0 Å². The third-order valence-electron chi connectivity index (χ3n) is 5.21. The molecule has 2 aromatic heterocycles. The zero-order valence-electron chi connectivity index (χ0n) is 17.5. The number of anilines is 1. The summed E-state index contributed by atoms with van der Waals surface area (Å²) in [4.78, 5) is 4.50. The molecule has 0 unspecified atom stereocenters. The molecule has 0 aliphatic heterocycles. The maximum Gasteiger partial charge on any atom is 0.241 e. The van der Waals surface area contributed by atoms with Gasteiger partial charge in [-0.3, -0.25) is 4.98 Å². The highest BCUT2D eigenvalue weighted by Crippen LogP contribution is 2.24. The lowest BCUT2D eigenvalue weighted by atomic mass is 10.1. The summed E-state index contributed by atoms with van der Waals surface area (Å²) < 4.78 is 30.0. The zero-order chi connectivity index (χ0) is 22.7. The second-order valence-corrected chi connectivity index (χ2v) is 9.08. The van der Waals surface area contributed by atoms with Crippen LogP contribution in [0.25, 0.3) is 16.6 Å². The van der Waals surface area contributed by atoms with Crippen LogP contribution in [0.1, 0.15) is 23.2 Å². The number of nitrogens with zero attached hydrogens (tertiary/aromatic N) is 4. The van der Waals surface area contributed by atoms with Crippen molar-refractivity contribution in [3.8, 4) is 11.8 Å². The normalized spacial score (nSPS) is 11.5. The molecule has 9 heteroatoms. The summed E-state index contributed by atoms with van der Waals surface area (Å²) in [6.07, 6.45) is 2.51. The number of sulfonamides is 1. The first-order valence-corrected chi connectivity index (χ1v) is 11.6. The van der Waals surface area contributed by atoms with Gasteiger partial charge in [-0.05, 0) is 55.7 Å². The molecule has 0 atom stereocenters. The SMILES string of the molecule is Cc1ccc(S(=O)(=O)NCCCc2nn(-c3ccccc3)c(N)c2C#N)c2cccnc12. The number of benzene rings is 2. The van der Waals surface area contributed by atoms with Crippen LogP contribution >= 0.6 is 0 Å². The molecule has 0 radical (unpaired) electrons. The predicted molar refractivity (Wildman–Crippen MR) is 123 cm³/mol. The lowest BCUT2D eigenvalue weighted by molar-refractivity contribution is 0.579. The smallest absolute Gasteiger partial charge is 0.241 e. The molecule has 3 N–H and O–H groups in total. The Bertz CT molecular complexity index is 1420. The highest BCUT2D eigenvalue weighted by atomic mass is 32.2. The Morgan fingerprint density at radius 2 is 1.91 bits per heavy atom. The summed E-state index contributed by atoms with van der Waals surface area (Å²) in [7, 11) is -3.73. The van der Waals surface area contributed by atoms with Crippen LogP contribution in [0.5, 0.6) is 0 Å². The van der Waals surface area contributed by atoms with E-state index in [2.05, 4.69) is 20.9 Å². The molecule has 0 bridgehead atoms. The van der Waals surface area contributed by atoms with Gasteiger partial charge in [-0.1, -0.05) is 24.3 Å². The second-order valence-electron chi connectivity index (χ2n) is 7.35. The maximum absolute atomic E-state index is 12.9. The fourth-order valence-electron chi connectivity index (χ4n) is 3.60. The molecule has 0 amide bonds. The minimum absolute atomic E-state index is 0.195. The highest BCUT2D eigenvalue weighted by molar-refractivity contribution is 7.89. The number of para-hydroxylation sites is 1. The molecule has 4 rings (SSSR count). The quantitative estimate of drug-likeness (QED) is 0.420. The van der Waals surface area contributed by atoms with Crippen molar-refractivity contribution in [2.45, 2.75) is 24.7 Å². The Balaban J connectivity index is 1.48. The van der Waals surface area contributed by atoms with Crippen LogP contribution in [-0.2, 0) is 16.4 Å². The largest absolute Gasteiger partial charge is 0.382 e. The Labute approximate surface area is 186 Å². The fourth-order valence-corrected chi connectivity index (χ4v) is 4.87. The predicted octanol–water partition coefficient (Wildman–Crippen LogP) is 3.09. The summed E-state index contributed by atoms with van der Waals surface area (Å²) >= 11 is 0. The van der Waals surface area contributed by atoms with Crippen LogP contribution in [0.15, 0.2) is 65.7 Å². The number of nitrogens with one attached hydrogen (secondary N) is 1. The van der Waals surface area contributed by atoms with E-state index in [4.69, 9.17) is 5.73 Å². The lowest BCUT2D eigenvalue weighted by Gasteiger charge is -2.10. The molecule has 0 fully saturated rings. The van der Waals surface area contributed by atoms with Crippen molar-refractivity contribution >= 4 is 26.7 Å². The van der Waals surface area contributed by atoms with Gasteiger partial charge in [0.1, 0.15) is 17.5 Å².